The van der Waals surface area contributed by atoms with Gasteiger partial charge in [-0.2, -0.15) is 0 Å². The Morgan fingerprint density at radius 1 is 1.27 bits per heavy atom. The molecule has 0 saturated heterocycles. The molecule has 0 aromatic heterocycles. The van der Waals surface area contributed by atoms with Gasteiger partial charge in [-0.1, -0.05) is 19.1 Å². The van der Waals surface area contributed by atoms with Gasteiger partial charge in [-0.15, -0.1) is 0 Å². The van der Waals surface area contributed by atoms with Crippen LogP contribution in [0.15, 0.2) is 24.3 Å². The van der Waals surface area contributed by atoms with Gasteiger partial charge in [-0.3, -0.25) is 0 Å². The Bertz CT molecular complexity index is 294. The van der Waals surface area contributed by atoms with E-state index in [4.69, 9.17) is 9.84 Å². The summed E-state index contributed by atoms with van der Waals surface area (Å²) in [5, 5.41) is 19.2. The second kappa shape index (κ2) is 5.14. The fraction of sp³-hybridized carbons (Fsp3) is 0.500. The van der Waals surface area contributed by atoms with Crippen molar-refractivity contribution in [3.05, 3.63) is 29.8 Å². The van der Waals surface area contributed by atoms with E-state index in [9.17, 15) is 5.11 Å². The highest BCUT2D eigenvalue weighted by Gasteiger charge is 2.26. The third kappa shape index (κ3) is 2.70. The van der Waals surface area contributed by atoms with Crippen LogP contribution in [0.2, 0.25) is 0 Å². The average Bonchev–Trinajstić information content (AvgIpc) is 2.29. The molecule has 1 rings (SSSR count). The predicted molar refractivity (Wildman–Crippen MR) is 58.9 cm³/mol. The second-order valence-electron chi connectivity index (χ2n) is 3.59. The van der Waals surface area contributed by atoms with E-state index in [1.54, 1.807) is 7.11 Å². The van der Waals surface area contributed by atoms with Gasteiger partial charge in [-0.25, -0.2) is 0 Å². The largest absolute Gasteiger partial charge is 0.497 e. The summed E-state index contributed by atoms with van der Waals surface area (Å²) in [6, 6.07) is 7.29. The fourth-order valence-electron chi connectivity index (χ4n) is 1.61. The van der Waals surface area contributed by atoms with Crippen molar-refractivity contribution in [2.45, 2.75) is 25.4 Å². The molecule has 0 amide bonds. The third-order valence-corrected chi connectivity index (χ3v) is 2.74. The Hall–Kier alpha value is -1.06. The van der Waals surface area contributed by atoms with Crippen molar-refractivity contribution < 1.29 is 14.9 Å². The zero-order chi connectivity index (χ0) is 11.3. The summed E-state index contributed by atoms with van der Waals surface area (Å²) >= 11 is 0. The highest BCUT2D eigenvalue weighted by atomic mass is 16.5. The second-order valence-corrected chi connectivity index (χ2v) is 3.59. The minimum absolute atomic E-state index is 0.0175. The number of hydrogen-bond acceptors (Lipinski definition) is 3. The third-order valence-electron chi connectivity index (χ3n) is 2.74. The molecule has 3 heteroatoms. The number of aliphatic hydroxyl groups excluding tert-OH is 1. The lowest BCUT2D eigenvalue weighted by molar-refractivity contribution is 0.00776. The van der Waals surface area contributed by atoms with Gasteiger partial charge in [0.05, 0.1) is 12.7 Å². The van der Waals surface area contributed by atoms with Gasteiger partial charge in [0.2, 0.25) is 0 Å². The van der Waals surface area contributed by atoms with E-state index in [0.717, 1.165) is 11.3 Å². The minimum atomic E-state index is -0.930. The molecule has 1 aromatic carbocycles. The smallest absolute Gasteiger partial charge is 0.118 e. The van der Waals surface area contributed by atoms with Crippen LogP contribution in [0.1, 0.15) is 25.3 Å². The molecule has 0 bridgehead atoms. The Labute approximate surface area is 90.3 Å². The van der Waals surface area contributed by atoms with Crippen LogP contribution in [-0.4, -0.2) is 23.9 Å². The first-order valence-corrected chi connectivity index (χ1v) is 5.14. The van der Waals surface area contributed by atoms with E-state index < -0.39 is 5.60 Å². The SMILES string of the molecule is CCC(O)(CCO)c1ccc(OC)cc1. The molecular weight excluding hydrogens is 192 g/mol. The molecule has 0 heterocycles. The Morgan fingerprint density at radius 2 is 1.87 bits per heavy atom. The van der Waals surface area contributed by atoms with Crippen molar-refractivity contribution in [2.75, 3.05) is 13.7 Å². The zero-order valence-corrected chi connectivity index (χ0v) is 9.23. The number of hydrogen-bond donors (Lipinski definition) is 2. The lowest BCUT2D eigenvalue weighted by Crippen LogP contribution is -2.25. The molecule has 0 aliphatic rings. The first-order valence-electron chi connectivity index (χ1n) is 5.14. The first kappa shape index (κ1) is 12.0. The summed E-state index contributed by atoms with van der Waals surface area (Å²) in [6.07, 6.45) is 0.940. The monoisotopic (exact) mass is 210 g/mol. The van der Waals surface area contributed by atoms with Crippen LogP contribution in [0.25, 0.3) is 0 Å². The summed E-state index contributed by atoms with van der Waals surface area (Å²) in [4.78, 5) is 0. The van der Waals surface area contributed by atoms with E-state index >= 15 is 0 Å². The molecule has 0 fully saturated rings. The van der Waals surface area contributed by atoms with Crippen molar-refractivity contribution in [1.82, 2.24) is 0 Å². The number of methoxy groups -OCH3 is 1. The molecule has 0 aliphatic heterocycles. The summed E-state index contributed by atoms with van der Waals surface area (Å²) in [5.74, 6) is 0.765. The van der Waals surface area contributed by atoms with E-state index in [0.29, 0.717) is 12.8 Å². The van der Waals surface area contributed by atoms with Crippen molar-refractivity contribution >= 4 is 0 Å². The molecular formula is C12H18O3. The Morgan fingerprint density at radius 3 is 2.27 bits per heavy atom. The van der Waals surface area contributed by atoms with E-state index in [1.165, 1.54) is 0 Å². The van der Waals surface area contributed by atoms with Crippen LogP contribution in [0.4, 0.5) is 0 Å². The molecule has 0 spiro atoms. The molecule has 0 radical (unpaired) electrons. The first-order chi connectivity index (χ1) is 7.16. The van der Waals surface area contributed by atoms with Gasteiger partial charge < -0.3 is 14.9 Å². The number of aliphatic hydroxyl groups is 2. The maximum absolute atomic E-state index is 10.3. The molecule has 84 valence electrons. The summed E-state index contributed by atoms with van der Waals surface area (Å²) < 4.78 is 5.04. The summed E-state index contributed by atoms with van der Waals surface area (Å²) in [7, 11) is 1.61. The van der Waals surface area contributed by atoms with Crippen LogP contribution in [0.5, 0.6) is 5.75 Å². The van der Waals surface area contributed by atoms with Gasteiger partial charge in [0.25, 0.3) is 0 Å². The number of rotatable bonds is 5. The molecule has 15 heavy (non-hydrogen) atoms. The molecule has 1 atom stereocenters. The van der Waals surface area contributed by atoms with E-state index in [2.05, 4.69) is 0 Å². The highest BCUT2D eigenvalue weighted by Crippen LogP contribution is 2.29. The van der Waals surface area contributed by atoms with E-state index in [1.807, 2.05) is 31.2 Å². The van der Waals surface area contributed by atoms with Crippen LogP contribution in [0, 0.1) is 0 Å². The molecule has 3 nitrogen and oxygen atoms in total. The van der Waals surface area contributed by atoms with Crippen molar-refractivity contribution in [3.63, 3.8) is 0 Å². The highest BCUT2D eigenvalue weighted by molar-refractivity contribution is 5.30. The lowest BCUT2D eigenvalue weighted by Gasteiger charge is -2.26. The standard InChI is InChI=1S/C12H18O3/c1-3-12(14,8-9-13)10-4-6-11(15-2)7-5-10/h4-7,13-14H,3,8-9H2,1-2H3. The maximum Gasteiger partial charge on any atom is 0.118 e. The molecule has 1 unspecified atom stereocenters. The maximum atomic E-state index is 10.3. The normalized spacial score (nSPS) is 14.7. The van der Waals surface area contributed by atoms with Crippen molar-refractivity contribution in [3.8, 4) is 5.75 Å². The van der Waals surface area contributed by atoms with Crippen LogP contribution in [-0.2, 0) is 5.60 Å². The zero-order valence-electron chi connectivity index (χ0n) is 9.23. The topological polar surface area (TPSA) is 49.7 Å². The minimum Gasteiger partial charge on any atom is -0.497 e. The Balaban J connectivity index is 2.92. The van der Waals surface area contributed by atoms with Crippen LogP contribution >= 0.6 is 0 Å². The summed E-state index contributed by atoms with van der Waals surface area (Å²) in [6.45, 7) is 1.89. The van der Waals surface area contributed by atoms with Gasteiger partial charge in [0.1, 0.15) is 5.75 Å². The van der Waals surface area contributed by atoms with E-state index in [-0.39, 0.29) is 6.61 Å². The quantitative estimate of drug-likeness (QED) is 0.777. The van der Waals surface area contributed by atoms with Crippen LogP contribution < -0.4 is 4.74 Å². The molecule has 0 aliphatic carbocycles. The van der Waals surface area contributed by atoms with Crippen molar-refractivity contribution in [2.24, 2.45) is 0 Å². The summed E-state index contributed by atoms with van der Waals surface area (Å²) in [5.41, 5.74) is -0.110. The average molecular weight is 210 g/mol. The van der Waals surface area contributed by atoms with Gasteiger partial charge >= 0.3 is 0 Å². The van der Waals surface area contributed by atoms with Crippen molar-refractivity contribution in [1.29, 1.82) is 0 Å². The van der Waals surface area contributed by atoms with Gasteiger partial charge in [0, 0.05) is 13.0 Å². The Kier molecular flexibility index (Phi) is 4.12. The van der Waals surface area contributed by atoms with Crippen LogP contribution in [0.3, 0.4) is 0 Å². The van der Waals surface area contributed by atoms with Gasteiger partial charge in [-0.05, 0) is 24.1 Å². The molecule has 2 N–H and O–H groups in total. The number of benzene rings is 1. The predicted octanol–water partition coefficient (Wildman–Crippen LogP) is 1.68. The number of ether oxygens (including phenoxy) is 1. The molecule has 1 aromatic rings. The van der Waals surface area contributed by atoms with Gasteiger partial charge in [0.15, 0.2) is 0 Å². The molecule has 0 saturated carbocycles. The fourth-order valence-corrected chi connectivity index (χ4v) is 1.61. The lowest BCUT2D eigenvalue weighted by atomic mass is 9.88.